The summed E-state index contributed by atoms with van der Waals surface area (Å²) in [6, 6.07) is 1.96. The first-order valence-electron chi connectivity index (χ1n) is 6.21. The molecule has 3 heteroatoms. The van der Waals surface area contributed by atoms with Gasteiger partial charge in [0.05, 0.1) is 5.69 Å². The summed E-state index contributed by atoms with van der Waals surface area (Å²) in [7, 11) is 0. The van der Waals surface area contributed by atoms with Crippen LogP contribution in [0.15, 0.2) is 12.3 Å². The largest absolute Gasteiger partial charge is 0.384 e. The van der Waals surface area contributed by atoms with Gasteiger partial charge in [0.2, 0.25) is 0 Å². The standard InChI is InChI=1S/C13H22N2O/c1-4-15-11(6-9-14-15)13(16)8-5-7-12(2,3)10-13/h6,9,16H,4-5,7-8,10H2,1-3H3. The van der Waals surface area contributed by atoms with Crippen molar-refractivity contribution < 1.29 is 5.11 Å². The fraction of sp³-hybridized carbons (Fsp3) is 0.769. The Morgan fingerprint density at radius 1 is 1.44 bits per heavy atom. The number of rotatable bonds is 2. The molecule has 0 aliphatic heterocycles. The Bertz CT molecular complexity index is 370. The second-order valence-corrected chi connectivity index (χ2v) is 5.76. The van der Waals surface area contributed by atoms with Gasteiger partial charge in [0.1, 0.15) is 5.60 Å². The summed E-state index contributed by atoms with van der Waals surface area (Å²) < 4.78 is 1.92. The van der Waals surface area contributed by atoms with Gasteiger partial charge < -0.3 is 5.11 Å². The van der Waals surface area contributed by atoms with Gasteiger partial charge in [-0.05, 0) is 44.1 Å². The average Bonchev–Trinajstić information content (AvgIpc) is 2.63. The van der Waals surface area contributed by atoms with Gasteiger partial charge in [-0.15, -0.1) is 0 Å². The Balaban J connectivity index is 2.31. The Morgan fingerprint density at radius 2 is 2.19 bits per heavy atom. The van der Waals surface area contributed by atoms with Gasteiger partial charge >= 0.3 is 0 Å². The van der Waals surface area contributed by atoms with E-state index in [1.165, 1.54) is 6.42 Å². The van der Waals surface area contributed by atoms with Crippen molar-refractivity contribution in [1.82, 2.24) is 9.78 Å². The van der Waals surface area contributed by atoms with E-state index < -0.39 is 5.60 Å². The summed E-state index contributed by atoms with van der Waals surface area (Å²) in [6.07, 6.45) is 5.79. The average molecular weight is 222 g/mol. The van der Waals surface area contributed by atoms with E-state index in [1.54, 1.807) is 6.20 Å². The zero-order valence-electron chi connectivity index (χ0n) is 10.5. The lowest BCUT2D eigenvalue weighted by molar-refractivity contribution is -0.0504. The highest BCUT2D eigenvalue weighted by Crippen LogP contribution is 2.45. The van der Waals surface area contributed by atoms with Crippen LogP contribution in [0.3, 0.4) is 0 Å². The van der Waals surface area contributed by atoms with Gasteiger partial charge in [0.25, 0.3) is 0 Å². The van der Waals surface area contributed by atoms with E-state index in [1.807, 2.05) is 10.7 Å². The second-order valence-electron chi connectivity index (χ2n) is 5.76. The van der Waals surface area contributed by atoms with Crippen molar-refractivity contribution in [1.29, 1.82) is 0 Å². The molecule has 16 heavy (non-hydrogen) atoms. The molecule has 0 spiro atoms. The van der Waals surface area contributed by atoms with Crippen molar-refractivity contribution in [2.45, 2.75) is 58.6 Å². The first-order valence-corrected chi connectivity index (χ1v) is 6.21. The van der Waals surface area contributed by atoms with Crippen molar-refractivity contribution in [3.8, 4) is 0 Å². The Labute approximate surface area is 97.5 Å². The van der Waals surface area contributed by atoms with Crippen molar-refractivity contribution in [2.75, 3.05) is 0 Å². The van der Waals surface area contributed by atoms with Gasteiger partial charge in [0.15, 0.2) is 0 Å². The van der Waals surface area contributed by atoms with E-state index in [-0.39, 0.29) is 5.41 Å². The van der Waals surface area contributed by atoms with Crippen molar-refractivity contribution in [3.05, 3.63) is 18.0 Å². The molecule has 1 fully saturated rings. The number of hydrogen-bond acceptors (Lipinski definition) is 2. The SMILES string of the molecule is CCn1nccc1C1(O)CCCC(C)(C)C1. The molecule has 1 aromatic heterocycles. The lowest BCUT2D eigenvalue weighted by Gasteiger charge is -2.41. The van der Waals surface area contributed by atoms with Crippen molar-refractivity contribution in [3.63, 3.8) is 0 Å². The zero-order chi connectivity index (χ0) is 11.8. The molecule has 1 unspecified atom stereocenters. The molecule has 1 saturated carbocycles. The highest BCUT2D eigenvalue weighted by Gasteiger charge is 2.41. The number of aryl methyl sites for hydroxylation is 1. The molecule has 1 aliphatic carbocycles. The zero-order valence-corrected chi connectivity index (χ0v) is 10.5. The Morgan fingerprint density at radius 3 is 2.81 bits per heavy atom. The molecule has 2 rings (SSSR count). The molecular formula is C13H22N2O. The quantitative estimate of drug-likeness (QED) is 0.835. The van der Waals surface area contributed by atoms with Crippen LogP contribution in [0.1, 0.15) is 52.1 Å². The predicted molar refractivity (Wildman–Crippen MR) is 64.0 cm³/mol. The molecule has 0 bridgehead atoms. The van der Waals surface area contributed by atoms with Gasteiger partial charge in [-0.25, -0.2) is 0 Å². The van der Waals surface area contributed by atoms with E-state index >= 15 is 0 Å². The molecule has 1 heterocycles. The molecule has 1 aromatic rings. The molecule has 1 atom stereocenters. The third-order valence-corrected chi connectivity index (χ3v) is 3.71. The topological polar surface area (TPSA) is 38.0 Å². The minimum atomic E-state index is -0.672. The van der Waals surface area contributed by atoms with Crippen LogP contribution in [0.25, 0.3) is 0 Å². The molecule has 3 nitrogen and oxygen atoms in total. The van der Waals surface area contributed by atoms with Crippen LogP contribution < -0.4 is 0 Å². The summed E-state index contributed by atoms with van der Waals surface area (Å²) in [6.45, 7) is 7.37. The fourth-order valence-electron chi connectivity index (χ4n) is 3.03. The number of aromatic nitrogens is 2. The molecule has 0 radical (unpaired) electrons. The number of hydrogen-bond donors (Lipinski definition) is 1. The van der Waals surface area contributed by atoms with Gasteiger partial charge in [-0.1, -0.05) is 13.8 Å². The van der Waals surface area contributed by atoms with Gasteiger partial charge in [-0.2, -0.15) is 5.10 Å². The molecule has 90 valence electrons. The molecule has 0 aromatic carbocycles. The second kappa shape index (κ2) is 3.88. The highest BCUT2D eigenvalue weighted by molar-refractivity contribution is 5.14. The monoisotopic (exact) mass is 222 g/mol. The lowest BCUT2D eigenvalue weighted by atomic mass is 9.68. The summed E-state index contributed by atoms with van der Waals surface area (Å²) in [4.78, 5) is 0. The van der Waals surface area contributed by atoms with Crippen molar-refractivity contribution in [2.24, 2.45) is 5.41 Å². The van der Waals surface area contributed by atoms with Crippen LogP contribution in [0.4, 0.5) is 0 Å². The van der Waals surface area contributed by atoms with E-state index in [9.17, 15) is 5.11 Å². The number of nitrogens with zero attached hydrogens (tertiary/aromatic N) is 2. The van der Waals surface area contributed by atoms with Crippen LogP contribution in [0.5, 0.6) is 0 Å². The third-order valence-electron chi connectivity index (χ3n) is 3.71. The Hall–Kier alpha value is -0.830. The van der Waals surface area contributed by atoms with E-state index in [4.69, 9.17) is 0 Å². The maximum atomic E-state index is 10.8. The van der Waals surface area contributed by atoms with Crippen molar-refractivity contribution >= 4 is 0 Å². The molecule has 1 N–H and O–H groups in total. The van der Waals surface area contributed by atoms with Crippen LogP contribution >= 0.6 is 0 Å². The maximum absolute atomic E-state index is 10.8. The summed E-state index contributed by atoms with van der Waals surface area (Å²) in [5.41, 5.74) is 0.548. The van der Waals surface area contributed by atoms with Crippen LogP contribution in [-0.2, 0) is 12.1 Å². The molecule has 1 aliphatic rings. The normalized spacial score (nSPS) is 29.2. The summed E-state index contributed by atoms with van der Waals surface area (Å²) >= 11 is 0. The first kappa shape index (κ1) is 11.6. The minimum absolute atomic E-state index is 0.232. The van der Waals surface area contributed by atoms with E-state index in [0.29, 0.717) is 0 Å². The Kier molecular flexibility index (Phi) is 2.82. The molecule has 0 amide bonds. The highest BCUT2D eigenvalue weighted by atomic mass is 16.3. The van der Waals surface area contributed by atoms with Crippen LogP contribution in [0.2, 0.25) is 0 Å². The fourth-order valence-corrected chi connectivity index (χ4v) is 3.03. The van der Waals surface area contributed by atoms with Crippen LogP contribution in [0, 0.1) is 5.41 Å². The van der Waals surface area contributed by atoms with Gasteiger partial charge in [0, 0.05) is 12.7 Å². The van der Waals surface area contributed by atoms with E-state index in [2.05, 4.69) is 25.9 Å². The molecular weight excluding hydrogens is 200 g/mol. The molecule has 0 saturated heterocycles. The minimum Gasteiger partial charge on any atom is -0.384 e. The summed E-state index contributed by atoms with van der Waals surface area (Å²) in [5.74, 6) is 0. The third kappa shape index (κ3) is 2.01. The smallest absolute Gasteiger partial charge is 0.107 e. The van der Waals surface area contributed by atoms with E-state index in [0.717, 1.165) is 31.5 Å². The van der Waals surface area contributed by atoms with Gasteiger partial charge in [-0.3, -0.25) is 4.68 Å². The van der Waals surface area contributed by atoms with Crippen LogP contribution in [-0.4, -0.2) is 14.9 Å². The number of aliphatic hydroxyl groups is 1. The summed E-state index contributed by atoms with van der Waals surface area (Å²) in [5, 5.41) is 15.1. The maximum Gasteiger partial charge on any atom is 0.107 e. The first-order chi connectivity index (χ1) is 7.47. The lowest BCUT2D eigenvalue weighted by Crippen LogP contribution is -2.38. The predicted octanol–water partition coefficient (Wildman–Crippen LogP) is 2.69.